The molecule has 3 heteroatoms. The van der Waals surface area contributed by atoms with Crippen LogP contribution in [-0.4, -0.2) is 9.55 Å². The van der Waals surface area contributed by atoms with Crippen molar-refractivity contribution in [2.24, 2.45) is 0 Å². The van der Waals surface area contributed by atoms with Crippen LogP contribution in [0.25, 0.3) is 16.9 Å². The van der Waals surface area contributed by atoms with Crippen molar-refractivity contribution in [3.05, 3.63) is 119 Å². The first-order valence-electron chi connectivity index (χ1n) is 8.59. The first kappa shape index (κ1) is 16.0. The van der Waals surface area contributed by atoms with E-state index in [4.69, 9.17) is 4.98 Å². The standard InChI is InChI=1S/C23H18N2O/c26-23-17-21(19-12-6-2-7-13-19)24-22(16-18-10-4-1-5-11-18)25(23)20-14-8-3-9-15-20/h1-15,17H,16H2. The summed E-state index contributed by atoms with van der Waals surface area (Å²) in [6.45, 7) is 0. The van der Waals surface area contributed by atoms with Crippen LogP contribution >= 0.6 is 0 Å². The molecule has 3 nitrogen and oxygen atoms in total. The summed E-state index contributed by atoms with van der Waals surface area (Å²) in [5, 5.41) is 0. The lowest BCUT2D eigenvalue weighted by molar-refractivity contribution is 0.833. The minimum absolute atomic E-state index is 0.0732. The van der Waals surface area contributed by atoms with Gasteiger partial charge in [0.25, 0.3) is 5.56 Å². The van der Waals surface area contributed by atoms with Gasteiger partial charge in [0, 0.05) is 18.1 Å². The van der Waals surface area contributed by atoms with Crippen molar-refractivity contribution in [2.75, 3.05) is 0 Å². The minimum atomic E-state index is -0.0732. The quantitative estimate of drug-likeness (QED) is 0.549. The van der Waals surface area contributed by atoms with E-state index in [1.54, 1.807) is 10.6 Å². The second kappa shape index (κ2) is 7.19. The molecule has 4 aromatic rings. The molecule has 3 aromatic carbocycles. The minimum Gasteiger partial charge on any atom is -0.269 e. The molecule has 0 aliphatic rings. The molecule has 0 saturated heterocycles. The Hall–Kier alpha value is -3.46. The SMILES string of the molecule is O=c1cc(-c2ccccc2)nc(Cc2ccccc2)n1-c1ccccc1. The van der Waals surface area contributed by atoms with Gasteiger partial charge in [0.2, 0.25) is 0 Å². The molecule has 26 heavy (non-hydrogen) atoms. The van der Waals surface area contributed by atoms with Gasteiger partial charge in [0.1, 0.15) is 5.82 Å². The van der Waals surface area contributed by atoms with E-state index in [0.29, 0.717) is 12.1 Å². The fourth-order valence-electron chi connectivity index (χ4n) is 3.04. The average Bonchev–Trinajstić information content (AvgIpc) is 2.70. The second-order valence-corrected chi connectivity index (χ2v) is 6.10. The van der Waals surface area contributed by atoms with Crippen LogP contribution < -0.4 is 5.56 Å². The van der Waals surface area contributed by atoms with Gasteiger partial charge in [-0.05, 0) is 17.7 Å². The molecule has 0 unspecified atom stereocenters. The monoisotopic (exact) mass is 338 g/mol. The lowest BCUT2D eigenvalue weighted by Gasteiger charge is -2.14. The van der Waals surface area contributed by atoms with Crippen molar-refractivity contribution < 1.29 is 0 Å². The summed E-state index contributed by atoms with van der Waals surface area (Å²) in [7, 11) is 0. The van der Waals surface area contributed by atoms with Crippen LogP contribution in [0.15, 0.2) is 102 Å². The maximum absolute atomic E-state index is 12.9. The van der Waals surface area contributed by atoms with E-state index >= 15 is 0 Å². The number of hydrogen-bond donors (Lipinski definition) is 0. The molecule has 0 N–H and O–H groups in total. The first-order valence-corrected chi connectivity index (χ1v) is 8.59. The van der Waals surface area contributed by atoms with Gasteiger partial charge < -0.3 is 0 Å². The molecule has 0 spiro atoms. The van der Waals surface area contributed by atoms with Gasteiger partial charge in [-0.15, -0.1) is 0 Å². The van der Waals surface area contributed by atoms with Crippen LogP contribution in [0.2, 0.25) is 0 Å². The second-order valence-electron chi connectivity index (χ2n) is 6.10. The molecule has 0 aliphatic heterocycles. The van der Waals surface area contributed by atoms with E-state index in [-0.39, 0.29) is 5.56 Å². The van der Waals surface area contributed by atoms with Crippen molar-refractivity contribution in [1.29, 1.82) is 0 Å². The van der Waals surface area contributed by atoms with Gasteiger partial charge in [0.05, 0.1) is 11.4 Å². The first-order chi connectivity index (χ1) is 12.8. The zero-order chi connectivity index (χ0) is 17.8. The molecular formula is C23H18N2O. The van der Waals surface area contributed by atoms with E-state index in [2.05, 4.69) is 12.1 Å². The largest absolute Gasteiger partial charge is 0.269 e. The number of benzene rings is 3. The van der Waals surface area contributed by atoms with Crippen LogP contribution in [0.5, 0.6) is 0 Å². The lowest BCUT2D eigenvalue weighted by atomic mass is 10.1. The Bertz CT molecular complexity index is 1060. The zero-order valence-corrected chi connectivity index (χ0v) is 14.2. The normalized spacial score (nSPS) is 10.6. The number of para-hydroxylation sites is 1. The number of hydrogen-bond acceptors (Lipinski definition) is 2. The third kappa shape index (κ3) is 3.33. The highest BCUT2D eigenvalue weighted by molar-refractivity contribution is 5.58. The highest BCUT2D eigenvalue weighted by atomic mass is 16.1. The summed E-state index contributed by atoms with van der Waals surface area (Å²) in [5.74, 6) is 0.730. The van der Waals surface area contributed by atoms with Crippen LogP contribution in [-0.2, 0) is 6.42 Å². The Morgan fingerprint density at radius 3 is 1.96 bits per heavy atom. The third-order valence-corrected chi connectivity index (χ3v) is 4.28. The molecule has 126 valence electrons. The third-order valence-electron chi connectivity index (χ3n) is 4.28. The molecule has 0 aliphatic carbocycles. The van der Waals surface area contributed by atoms with Gasteiger partial charge in [-0.1, -0.05) is 78.9 Å². The van der Waals surface area contributed by atoms with Crippen LogP contribution in [0, 0.1) is 0 Å². The molecule has 1 heterocycles. The van der Waals surface area contributed by atoms with Crippen molar-refractivity contribution in [3.8, 4) is 16.9 Å². The van der Waals surface area contributed by atoms with Crippen molar-refractivity contribution >= 4 is 0 Å². The van der Waals surface area contributed by atoms with Crippen molar-refractivity contribution in [3.63, 3.8) is 0 Å². The smallest absolute Gasteiger partial charge is 0.258 e. The topological polar surface area (TPSA) is 34.9 Å². The van der Waals surface area contributed by atoms with Gasteiger partial charge in [-0.3, -0.25) is 9.36 Å². The predicted molar refractivity (Wildman–Crippen MR) is 105 cm³/mol. The highest BCUT2D eigenvalue weighted by Crippen LogP contribution is 2.18. The maximum atomic E-state index is 12.9. The van der Waals surface area contributed by atoms with Gasteiger partial charge in [-0.2, -0.15) is 0 Å². The van der Waals surface area contributed by atoms with Crippen LogP contribution in [0.4, 0.5) is 0 Å². The van der Waals surface area contributed by atoms with Gasteiger partial charge in [-0.25, -0.2) is 4.98 Å². The number of aromatic nitrogens is 2. The maximum Gasteiger partial charge on any atom is 0.258 e. The van der Waals surface area contributed by atoms with Gasteiger partial charge in [0.15, 0.2) is 0 Å². The van der Waals surface area contributed by atoms with E-state index in [9.17, 15) is 4.79 Å². The van der Waals surface area contributed by atoms with E-state index < -0.39 is 0 Å². The lowest BCUT2D eigenvalue weighted by Crippen LogP contribution is -2.23. The Kier molecular flexibility index (Phi) is 4.44. The van der Waals surface area contributed by atoms with E-state index in [1.165, 1.54) is 0 Å². The summed E-state index contributed by atoms with van der Waals surface area (Å²) < 4.78 is 1.69. The fraction of sp³-hybridized carbons (Fsp3) is 0.0435. The molecule has 1 aromatic heterocycles. The molecular weight excluding hydrogens is 320 g/mol. The summed E-state index contributed by atoms with van der Waals surface area (Å²) in [6, 6.07) is 31.2. The molecule has 0 radical (unpaired) electrons. The van der Waals surface area contributed by atoms with Crippen molar-refractivity contribution in [2.45, 2.75) is 6.42 Å². The fourth-order valence-corrected chi connectivity index (χ4v) is 3.04. The van der Waals surface area contributed by atoms with E-state index in [1.807, 2.05) is 78.9 Å². The van der Waals surface area contributed by atoms with Crippen LogP contribution in [0.3, 0.4) is 0 Å². The summed E-state index contributed by atoms with van der Waals surface area (Å²) in [6.07, 6.45) is 0.589. The molecule has 4 rings (SSSR count). The molecule has 0 bridgehead atoms. The predicted octanol–water partition coefficient (Wildman–Crippen LogP) is 4.49. The Morgan fingerprint density at radius 2 is 1.31 bits per heavy atom. The van der Waals surface area contributed by atoms with Gasteiger partial charge >= 0.3 is 0 Å². The Balaban J connectivity index is 1.89. The molecule has 0 amide bonds. The molecule has 0 fully saturated rings. The summed E-state index contributed by atoms with van der Waals surface area (Å²) in [4.78, 5) is 17.8. The van der Waals surface area contributed by atoms with Crippen LogP contribution in [0.1, 0.15) is 11.4 Å². The molecule has 0 saturated carbocycles. The number of nitrogens with zero attached hydrogens (tertiary/aromatic N) is 2. The summed E-state index contributed by atoms with van der Waals surface area (Å²) in [5.41, 5.74) is 3.52. The Morgan fingerprint density at radius 1 is 0.731 bits per heavy atom. The Labute approximate surface area is 152 Å². The average molecular weight is 338 g/mol. The summed E-state index contributed by atoms with van der Waals surface area (Å²) >= 11 is 0. The zero-order valence-electron chi connectivity index (χ0n) is 14.2. The van der Waals surface area contributed by atoms with Crippen molar-refractivity contribution in [1.82, 2.24) is 9.55 Å². The number of rotatable bonds is 4. The highest BCUT2D eigenvalue weighted by Gasteiger charge is 2.12. The molecule has 0 atom stereocenters. The van der Waals surface area contributed by atoms with E-state index in [0.717, 1.165) is 22.6 Å².